The van der Waals surface area contributed by atoms with Gasteiger partial charge in [-0.25, -0.2) is 4.79 Å². The molecule has 1 unspecified atom stereocenters. The lowest BCUT2D eigenvalue weighted by Gasteiger charge is -2.17. The number of aromatic amines is 1. The number of hydrogen-bond donors (Lipinski definition) is 1. The zero-order valence-electron chi connectivity index (χ0n) is 11.5. The summed E-state index contributed by atoms with van der Waals surface area (Å²) in [6.07, 6.45) is 5.99. The lowest BCUT2D eigenvalue weighted by atomic mass is 10.0. The fourth-order valence-corrected chi connectivity index (χ4v) is 3.37. The van der Waals surface area contributed by atoms with Gasteiger partial charge in [-0.1, -0.05) is 37.8 Å². The molecule has 0 aromatic carbocycles. The maximum absolute atomic E-state index is 12.6. The number of H-pyrrole nitrogens is 1. The van der Waals surface area contributed by atoms with E-state index < -0.39 is 5.69 Å². The van der Waals surface area contributed by atoms with Gasteiger partial charge in [0, 0.05) is 6.04 Å². The summed E-state index contributed by atoms with van der Waals surface area (Å²) >= 11 is 6.10. The van der Waals surface area contributed by atoms with Crippen LogP contribution in [0.1, 0.15) is 69.9 Å². The molecule has 0 amide bonds. The van der Waals surface area contributed by atoms with E-state index in [9.17, 15) is 9.59 Å². The van der Waals surface area contributed by atoms with Gasteiger partial charge in [0.25, 0.3) is 5.56 Å². The van der Waals surface area contributed by atoms with Gasteiger partial charge in [0.15, 0.2) is 0 Å². The molecule has 0 bridgehead atoms. The summed E-state index contributed by atoms with van der Waals surface area (Å²) in [5.41, 5.74) is 0.0287. The molecule has 1 aliphatic rings. The van der Waals surface area contributed by atoms with Gasteiger partial charge in [-0.05, 0) is 32.1 Å². The average Bonchev–Trinajstić information content (AvgIpc) is 2.82. The van der Waals surface area contributed by atoms with Crippen molar-refractivity contribution in [3.63, 3.8) is 0 Å². The van der Waals surface area contributed by atoms with Gasteiger partial charge in [0.05, 0.1) is 5.56 Å². The van der Waals surface area contributed by atoms with Crippen LogP contribution in [0, 0.1) is 0 Å². The maximum Gasteiger partial charge on any atom is 0.329 e. The number of nitrogens with one attached hydrogen (secondary N) is 1. The first-order chi connectivity index (χ1) is 9.06. The van der Waals surface area contributed by atoms with Crippen molar-refractivity contribution < 1.29 is 0 Å². The van der Waals surface area contributed by atoms with Gasteiger partial charge < -0.3 is 0 Å². The fourth-order valence-electron chi connectivity index (χ4n) is 3.05. The molecule has 1 aliphatic carbocycles. The molecule has 0 aliphatic heterocycles. The predicted molar refractivity (Wildman–Crippen MR) is 77.2 cm³/mol. The van der Waals surface area contributed by atoms with E-state index in [-0.39, 0.29) is 22.7 Å². The lowest BCUT2D eigenvalue weighted by molar-refractivity contribution is 0.459. The van der Waals surface area contributed by atoms with Crippen molar-refractivity contribution in [1.29, 1.82) is 0 Å². The van der Waals surface area contributed by atoms with Gasteiger partial charge >= 0.3 is 5.69 Å². The van der Waals surface area contributed by atoms with Gasteiger partial charge in [-0.2, -0.15) is 0 Å². The third kappa shape index (κ3) is 2.78. The largest absolute Gasteiger partial charge is 0.329 e. The summed E-state index contributed by atoms with van der Waals surface area (Å²) in [5.74, 6) is 0.205. The third-order valence-electron chi connectivity index (χ3n) is 4.03. The molecule has 1 aromatic heterocycles. The average molecular weight is 285 g/mol. The molecule has 1 saturated carbocycles. The van der Waals surface area contributed by atoms with Crippen LogP contribution in [-0.4, -0.2) is 9.55 Å². The Morgan fingerprint density at radius 3 is 2.58 bits per heavy atom. The maximum atomic E-state index is 12.6. The molecule has 2 rings (SSSR count). The van der Waals surface area contributed by atoms with Crippen LogP contribution in [0.3, 0.4) is 0 Å². The molecular formula is C14H21ClN2O2. The fraction of sp³-hybridized carbons (Fsp3) is 0.714. The molecule has 5 heteroatoms. The monoisotopic (exact) mass is 284 g/mol. The molecule has 4 nitrogen and oxygen atoms in total. The first-order valence-electron chi connectivity index (χ1n) is 7.10. The molecule has 1 N–H and O–H groups in total. The standard InChI is InChI=1S/C14H21ClN2O2/c1-3-6-9(2)17-13(18)11(10-7-4-5-8-10)12(15)16-14(17)19/h9-10H,3-8H2,1-2H3,(H,16,19). The van der Waals surface area contributed by atoms with Crippen LogP contribution in [-0.2, 0) is 0 Å². The summed E-state index contributed by atoms with van der Waals surface area (Å²) in [4.78, 5) is 27.2. The van der Waals surface area contributed by atoms with Crippen LogP contribution in [0.4, 0.5) is 0 Å². The van der Waals surface area contributed by atoms with E-state index >= 15 is 0 Å². The van der Waals surface area contributed by atoms with Crippen molar-refractivity contribution in [2.45, 2.75) is 64.3 Å². The Kier molecular flexibility index (Phi) is 4.50. The van der Waals surface area contributed by atoms with Crippen LogP contribution < -0.4 is 11.2 Å². The van der Waals surface area contributed by atoms with Crippen molar-refractivity contribution >= 4 is 11.6 Å². The Hall–Kier alpha value is -1.03. The molecule has 1 aromatic rings. The van der Waals surface area contributed by atoms with Crippen LogP contribution in [0.2, 0.25) is 5.15 Å². The Bertz CT molecular complexity index is 556. The molecule has 0 radical (unpaired) electrons. The lowest BCUT2D eigenvalue weighted by Crippen LogP contribution is -2.39. The van der Waals surface area contributed by atoms with E-state index in [1.165, 1.54) is 4.57 Å². The molecule has 0 saturated heterocycles. The van der Waals surface area contributed by atoms with Crippen LogP contribution in [0.15, 0.2) is 9.59 Å². The van der Waals surface area contributed by atoms with Crippen LogP contribution in [0.25, 0.3) is 0 Å². The molecule has 1 fully saturated rings. The van der Waals surface area contributed by atoms with Crippen molar-refractivity contribution in [2.75, 3.05) is 0 Å². The zero-order valence-corrected chi connectivity index (χ0v) is 12.3. The highest BCUT2D eigenvalue weighted by molar-refractivity contribution is 6.30. The Morgan fingerprint density at radius 1 is 1.37 bits per heavy atom. The number of aromatic nitrogens is 2. The summed E-state index contributed by atoms with van der Waals surface area (Å²) < 4.78 is 1.34. The van der Waals surface area contributed by atoms with E-state index in [0.717, 1.165) is 38.5 Å². The number of hydrogen-bond acceptors (Lipinski definition) is 2. The van der Waals surface area contributed by atoms with Crippen molar-refractivity contribution in [2.24, 2.45) is 0 Å². The highest BCUT2D eigenvalue weighted by Crippen LogP contribution is 2.34. The SMILES string of the molecule is CCCC(C)n1c(=O)[nH]c(Cl)c(C2CCCC2)c1=O. The van der Waals surface area contributed by atoms with Gasteiger partial charge in [0.1, 0.15) is 5.15 Å². The summed E-state index contributed by atoms with van der Waals surface area (Å²) in [6.45, 7) is 3.95. The van der Waals surface area contributed by atoms with Crippen molar-refractivity contribution in [1.82, 2.24) is 9.55 Å². The minimum Gasteiger partial charge on any atom is -0.297 e. The highest BCUT2D eigenvalue weighted by Gasteiger charge is 2.25. The van der Waals surface area contributed by atoms with Gasteiger partial charge in [-0.3, -0.25) is 14.3 Å². The Labute approximate surface area is 117 Å². The normalized spacial score (nSPS) is 17.8. The minimum absolute atomic E-state index is 0.0846. The van der Waals surface area contributed by atoms with E-state index in [2.05, 4.69) is 4.98 Å². The summed E-state index contributed by atoms with van der Waals surface area (Å²) in [7, 11) is 0. The quantitative estimate of drug-likeness (QED) is 0.863. The van der Waals surface area contributed by atoms with E-state index in [0.29, 0.717) is 5.56 Å². The Morgan fingerprint density at radius 2 is 2.00 bits per heavy atom. The van der Waals surface area contributed by atoms with Gasteiger partial charge in [0.2, 0.25) is 0 Å². The summed E-state index contributed by atoms with van der Waals surface area (Å²) in [6, 6.07) is -0.0846. The van der Waals surface area contributed by atoms with Gasteiger partial charge in [-0.15, -0.1) is 0 Å². The molecule has 19 heavy (non-hydrogen) atoms. The molecule has 1 atom stereocenters. The zero-order chi connectivity index (χ0) is 14.0. The first kappa shape index (κ1) is 14.4. The molecular weight excluding hydrogens is 264 g/mol. The minimum atomic E-state index is -0.391. The number of nitrogens with zero attached hydrogens (tertiary/aromatic N) is 1. The van der Waals surface area contributed by atoms with E-state index in [1.54, 1.807) is 0 Å². The number of rotatable bonds is 4. The van der Waals surface area contributed by atoms with E-state index in [1.807, 2.05) is 13.8 Å². The molecule has 0 spiro atoms. The predicted octanol–water partition coefficient (Wildman–Crippen LogP) is 3.21. The topological polar surface area (TPSA) is 54.9 Å². The van der Waals surface area contributed by atoms with Crippen LogP contribution >= 0.6 is 11.6 Å². The second-order valence-electron chi connectivity index (χ2n) is 5.45. The molecule has 106 valence electrons. The van der Waals surface area contributed by atoms with Crippen LogP contribution in [0.5, 0.6) is 0 Å². The van der Waals surface area contributed by atoms with Crippen molar-refractivity contribution in [3.8, 4) is 0 Å². The second-order valence-corrected chi connectivity index (χ2v) is 5.83. The van der Waals surface area contributed by atoms with E-state index in [4.69, 9.17) is 11.6 Å². The first-order valence-corrected chi connectivity index (χ1v) is 7.48. The second kappa shape index (κ2) is 5.95. The summed E-state index contributed by atoms with van der Waals surface area (Å²) in [5, 5.41) is 0.238. The molecule has 1 heterocycles. The third-order valence-corrected chi connectivity index (χ3v) is 4.33. The number of halogens is 1. The highest BCUT2D eigenvalue weighted by atomic mass is 35.5. The Balaban J connectivity index is 2.53. The smallest absolute Gasteiger partial charge is 0.297 e. The van der Waals surface area contributed by atoms with Crippen molar-refractivity contribution in [3.05, 3.63) is 31.6 Å².